The first-order chi connectivity index (χ1) is 31.7. The number of benzene rings is 8. The van der Waals surface area contributed by atoms with Crippen molar-refractivity contribution in [3.63, 3.8) is 0 Å². The van der Waals surface area contributed by atoms with E-state index < -0.39 is 0 Å². The van der Waals surface area contributed by atoms with Crippen molar-refractivity contribution in [2.75, 3.05) is 4.90 Å². The third-order valence-corrected chi connectivity index (χ3v) is 17.4. The molecule has 0 saturated heterocycles. The summed E-state index contributed by atoms with van der Waals surface area (Å²) in [5.74, 6) is 3.39. The standard InChI is InChI=1S/C63H53N/c1-2-12-43(13-3-1)44-20-26-50(27-21-44)64(61-19-9-6-14-52(61)47-25-31-58-56(39-47)54-16-4-7-17-57(54)62(58)32-10-11-33-62)51-28-22-45(23-29-51)46-24-30-55-53-15-5-8-18-59(53)63(60(55)40-46)48-35-41-34-42(37-48)38-49(63)36-41/h1-9,12-31,39-42,48-49H,10-11,32-38H2/t41-,42?,48-,49+,63+. The van der Waals surface area contributed by atoms with E-state index >= 15 is 0 Å². The molecule has 0 aliphatic heterocycles. The van der Waals surface area contributed by atoms with E-state index in [1.54, 1.807) is 11.1 Å². The van der Waals surface area contributed by atoms with Crippen LogP contribution >= 0.6 is 0 Å². The van der Waals surface area contributed by atoms with Crippen LogP contribution in [0.15, 0.2) is 188 Å². The number of hydrogen-bond acceptors (Lipinski definition) is 1. The topological polar surface area (TPSA) is 3.24 Å². The summed E-state index contributed by atoms with van der Waals surface area (Å²) in [4.78, 5) is 2.48. The lowest BCUT2D eigenvalue weighted by atomic mass is 9.43. The number of fused-ring (bicyclic) bond motifs is 8. The second kappa shape index (κ2) is 14.0. The van der Waals surface area contributed by atoms with Gasteiger partial charge in [-0.1, -0.05) is 158 Å². The summed E-state index contributed by atoms with van der Waals surface area (Å²) >= 11 is 0. The average Bonchev–Trinajstić information content (AvgIpc) is 4.04. The number of hydrogen-bond donors (Lipinski definition) is 0. The summed E-state index contributed by atoms with van der Waals surface area (Å²) in [6.45, 7) is 0. The smallest absolute Gasteiger partial charge is 0.0540 e. The fourth-order valence-corrected chi connectivity index (χ4v) is 15.1. The first-order valence-electron chi connectivity index (χ1n) is 24.3. The van der Waals surface area contributed by atoms with Gasteiger partial charge in [0.1, 0.15) is 0 Å². The lowest BCUT2D eigenvalue weighted by Gasteiger charge is -2.61. The van der Waals surface area contributed by atoms with Crippen molar-refractivity contribution in [3.8, 4) is 55.6 Å². The molecule has 1 nitrogen and oxygen atoms in total. The molecule has 2 spiro atoms. The number of nitrogens with zero attached hydrogens (tertiary/aromatic N) is 1. The van der Waals surface area contributed by atoms with Gasteiger partial charge in [-0.25, -0.2) is 0 Å². The van der Waals surface area contributed by atoms with E-state index in [4.69, 9.17) is 0 Å². The van der Waals surface area contributed by atoms with Crippen LogP contribution in [0.5, 0.6) is 0 Å². The first kappa shape index (κ1) is 37.0. The molecule has 7 aliphatic carbocycles. The zero-order chi connectivity index (χ0) is 42.0. The minimum atomic E-state index is 0.164. The maximum atomic E-state index is 2.63. The quantitative estimate of drug-likeness (QED) is 0.161. The molecule has 5 fully saturated rings. The van der Waals surface area contributed by atoms with Crippen LogP contribution in [0.1, 0.15) is 80.0 Å². The fraction of sp³-hybridized carbons (Fsp3) is 0.238. The van der Waals surface area contributed by atoms with Gasteiger partial charge in [-0.05, 0) is 183 Å². The molecule has 7 aliphatic rings. The normalized spacial score (nSPS) is 23.6. The van der Waals surface area contributed by atoms with Crippen LogP contribution in [-0.4, -0.2) is 0 Å². The SMILES string of the molecule is c1ccc(-c2ccc(N(c3ccc(-c4ccc5c(c4)[C@]4(c6ccccc6-5)[C@@H]5CC6C[C@@H](C5)C[C@@H]4C6)cc3)c3ccccc3-c3ccc4c(c3)-c3ccccc3C43CCCC3)cc2)cc1. The van der Waals surface area contributed by atoms with Crippen LogP contribution in [0, 0.1) is 23.7 Å². The van der Waals surface area contributed by atoms with E-state index in [-0.39, 0.29) is 10.8 Å². The lowest BCUT2D eigenvalue weighted by Crippen LogP contribution is -2.55. The fourth-order valence-electron chi connectivity index (χ4n) is 15.1. The molecule has 1 heteroatoms. The predicted octanol–water partition coefficient (Wildman–Crippen LogP) is 16.7. The van der Waals surface area contributed by atoms with E-state index in [1.165, 1.54) is 130 Å². The van der Waals surface area contributed by atoms with Crippen molar-refractivity contribution in [3.05, 3.63) is 210 Å². The van der Waals surface area contributed by atoms with Gasteiger partial charge in [-0.15, -0.1) is 0 Å². The van der Waals surface area contributed by atoms with Gasteiger partial charge in [0, 0.05) is 27.8 Å². The van der Waals surface area contributed by atoms with Gasteiger partial charge in [0.15, 0.2) is 0 Å². The molecule has 0 heterocycles. The highest BCUT2D eigenvalue weighted by molar-refractivity contribution is 5.92. The molecule has 64 heavy (non-hydrogen) atoms. The Morgan fingerprint density at radius 2 is 0.844 bits per heavy atom. The Kier molecular flexibility index (Phi) is 8.11. The zero-order valence-corrected chi connectivity index (χ0v) is 36.5. The molecule has 0 amide bonds. The molecule has 0 N–H and O–H groups in total. The molecule has 0 unspecified atom stereocenters. The Morgan fingerprint density at radius 1 is 0.344 bits per heavy atom. The van der Waals surface area contributed by atoms with Crippen molar-refractivity contribution in [2.24, 2.45) is 23.7 Å². The second-order valence-corrected chi connectivity index (χ2v) is 20.4. The van der Waals surface area contributed by atoms with E-state index in [1.807, 2.05) is 0 Å². The minimum Gasteiger partial charge on any atom is -0.310 e. The number of rotatable bonds is 6. The molecule has 15 rings (SSSR count). The maximum Gasteiger partial charge on any atom is 0.0540 e. The molecular weight excluding hydrogens is 771 g/mol. The van der Waals surface area contributed by atoms with Crippen molar-refractivity contribution < 1.29 is 0 Å². The van der Waals surface area contributed by atoms with E-state index in [2.05, 4.69) is 193 Å². The second-order valence-electron chi connectivity index (χ2n) is 20.4. The highest BCUT2D eigenvalue weighted by atomic mass is 15.1. The molecule has 8 aromatic carbocycles. The van der Waals surface area contributed by atoms with Crippen LogP contribution < -0.4 is 4.90 Å². The van der Waals surface area contributed by atoms with Crippen molar-refractivity contribution >= 4 is 17.1 Å². The Balaban J connectivity index is 0.878. The third-order valence-electron chi connectivity index (χ3n) is 17.4. The molecule has 4 bridgehead atoms. The Labute approximate surface area is 378 Å². The third kappa shape index (κ3) is 5.25. The minimum absolute atomic E-state index is 0.164. The molecule has 0 aromatic heterocycles. The summed E-state index contributed by atoms with van der Waals surface area (Å²) in [5, 5.41) is 0. The van der Waals surface area contributed by atoms with Crippen molar-refractivity contribution in [1.82, 2.24) is 0 Å². The van der Waals surface area contributed by atoms with Gasteiger partial charge in [0.2, 0.25) is 0 Å². The van der Waals surface area contributed by atoms with Gasteiger partial charge < -0.3 is 4.90 Å². The zero-order valence-electron chi connectivity index (χ0n) is 36.5. The van der Waals surface area contributed by atoms with Crippen LogP contribution in [0.3, 0.4) is 0 Å². The highest BCUT2D eigenvalue weighted by Crippen LogP contribution is 2.69. The van der Waals surface area contributed by atoms with Crippen molar-refractivity contribution in [1.29, 1.82) is 0 Å². The largest absolute Gasteiger partial charge is 0.310 e. The summed E-state index contributed by atoms with van der Waals surface area (Å²) in [6, 6.07) is 72.1. The van der Waals surface area contributed by atoms with Gasteiger partial charge in [-0.2, -0.15) is 0 Å². The summed E-state index contributed by atoms with van der Waals surface area (Å²) in [6.07, 6.45) is 12.2. The molecule has 310 valence electrons. The predicted molar refractivity (Wildman–Crippen MR) is 265 cm³/mol. The Morgan fingerprint density at radius 3 is 1.53 bits per heavy atom. The summed E-state index contributed by atoms with van der Waals surface area (Å²) in [5.41, 5.74) is 23.5. The van der Waals surface area contributed by atoms with Gasteiger partial charge in [0.05, 0.1) is 5.69 Å². The Bertz CT molecular complexity index is 3080. The summed E-state index contributed by atoms with van der Waals surface area (Å²) in [7, 11) is 0. The Hall–Kier alpha value is -6.44. The summed E-state index contributed by atoms with van der Waals surface area (Å²) < 4.78 is 0. The highest BCUT2D eigenvalue weighted by Gasteiger charge is 2.61. The van der Waals surface area contributed by atoms with Gasteiger partial charge in [0.25, 0.3) is 0 Å². The van der Waals surface area contributed by atoms with E-state index in [9.17, 15) is 0 Å². The molecule has 0 radical (unpaired) electrons. The van der Waals surface area contributed by atoms with Crippen LogP contribution in [0.25, 0.3) is 55.6 Å². The molecule has 0 atom stereocenters. The lowest BCUT2D eigenvalue weighted by molar-refractivity contribution is -0.0399. The van der Waals surface area contributed by atoms with Crippen molar-refractivity contribution in [2.45, 2.75) is 68.6 Å². The van der Waals surface area contributed by atoms with E-state index in [0.717, 1.165) is 35.0 Å². The average molecular weight is 824 g/mol. The number of anilines is 3. The van der Waals surface area contributed by atoms with Crippen LogP contribution in [-0.2, 0) is 10.8 Å². The monoisotopic (exact) mass is 823 g/mol. The van der Waals surface area contributed by atoms with Crippen LogP contribution in [0.2, 0.25) is 0 Å². The van der Waals surface area contributed by atoms with Crippen LogP contribution in [0.4, 0.5) is 17.1 Å². The molecule has 8 aromatic rings. The first-order valence-corrected chi connectivity index (χ1v) is 24.3. The molecule has 5 saturated carbocycles. The van der Waals surface area contributed by atoms with Gasteiger partial charge >= 0.3 is 0 Å². The number of para-hydroxylation sites is 1. The van der Waals surface area contributed by atoms with Gasteiger partial charge in [-0.3, -0.25) is 0 Å². The maximum absolute atomic E-state index is 2.63. The van der Waals surface area contributed by atoms with E-state index in [0.29, 0.717) is 0 Å². The molecular formula is C63H53N.